The summed E-state index contributed by atoms with van der Waals surface area (Å²) in [7, 11) is 0. The van der Waals surface area contributed by atoms with Gasteiger partial charge in [-0.2, -0.15) is 0 Å². The van der Waals surface area contributed by atoms with Gasteiger partial charge in [-0.25, -0.2) is 0 Å². The number of nitro groups is 1. The second-order valence-corrected chi connectivity index (χ2v) is 4.66. The van der Waals surface area contributed by atoms with Crippen LogP contribution in [0.4, 0.5) is 11.4 Å². The monoisotopic (exact) mass is 302 g/mol. The van der Waals surface area contributed by atoms with Crippen molar-refractivity contribution in [3.05, 3.63) is 27.0 Å². The molecule has 6 nitrogen and oxygen atoms in total. The van der Waals surface area contributed by atoms with Crippen LogP contribution in [-0.4, -0.2) is 29.0 Å². The summed E-state index contributed by atoms with van der Waals surface area (Å²) in [6.45, 7) is 5.45. The zero-order chi connectivity index (χ0) is 12.8. The van der Waals surface area contributed by atoms with Crippen molar-refractivity contribution in [2.24, 2.45) is 0 Å². The lowest BCUT2D eigenvalue weighted by Crippen LogP contribution is -2.28. The molecule has 0 aliphatic rings. The van der Waals surface area contributed by atoms with Crippen molar-refractivity contribution in [2.45, 2.75) is 19.9 Å². The van der Waals surface area contributed by atoms with E-state index in [-0.39, 0.29) is 5.69 Å². The van der Waals surface area contributed by atoms with Gasteiger partial charge >= 0.3 is 5.69 Å². The Hall–Kier alpha value is -1.21. The third kappa shape index (κ3) is 4.27. The van der Waals surface area contributed by atoms with Crippen molar-refractivity contribution >= 4 is 27.3 Å². The summed E-state index contributed by atoms with van der Waals surface area (Å²) >= 11 is 3.25. The van der Waals surface area contributed by atoms with Crippen LogP contribution in [0, 0.1) is 10.1 Å². The van der Waals surface area contributed by atoms with Crippen molar-refractivity contribution in [1.29, 1.82) is 0 Å². The Labute approximate surface area is 108 Å². The van der Waals surface area contributed by atoms with Crippen LogP contribution in [0.1, 0.15) is 13.8 Å². The average Bonchev–Trinajstić information content (AvgIpc) is 2.25. The minimum Gasteiger partial charge on any atom is -0.377 e. The molecule has 1 aromatic heterocycles. The fourth-order valence-corrected chi connectivity index (χ4v) is 1.75. The van der Waals surface area contributed by atoms with Gasteiger partial charge in [-0.1, -0.05) is 13.8 Å². The Morgan fingerprint density at radius 2 is 2.18 bits per heavy atom. The van der Waals surface area contributed by atoms with Gasteiger partial charge in [0.15, 0.2) is 0 Å². The van der Waals surface area contributed by atoms with Crippen LogP contribution < -0.4 is 10.6 Å². The van der Waals surface area contributed by atoms with E-state index in [9.17, 15) is 10.1 Å². The number of hydrogen-bond donors (Lipinski definition) is 2. The molecular formula is C10H15BrN4O2. The summed E-state index contributed by atoms with van der Waals surface area (Å²) in [5.74, 6) is 0. The maximum atomic E-state index is 10.8. The molecule has 0 saturated heterocycles. The van der Waals surface area contributed by atoms with E-state index in [1.165, 1.54) is 12.4 Å². The normalized spacial score (nSPS) is 10.6. The predicted molar refractivity (Wildman–Crippen MR) is 70.2 cm³/mol. The fourth-order valence-electron chi connectivity index (χ4n) is 1.29. The first-order valence-electron chi connectivity index (χ1n) is 5.27. The summed E-state index contributed by atoms with van der Waals surface area (Å²) < 4.78 is 0.594. The second kappa shape index (κ2) is 6.51. The van der Waals surface area contributed by atoms with Crippen LogP contribution in [0.2, 0.25) is 0 Å². The van der Waals surface area contributed by atoms with Crippen LogP contribution in [0.5, 0.6) is 0 Å². The van der Waals surface area contributed by atoms with Gasteiger partial charge in [-0.15, -0.1) is 0 Å². The SMILES string of the molecule is CC(C)NCCNc1c(Br)cncc1[N+](=O)[O-]. The van der Waals surface area contributed by atoms with Crippen molar-refractivity contribution in [3.63, 3.8) is 0 Å². The number of anilines is 1. The molecule has 0 bridgehead atoms. The van der Waals surface area contributed by atoms with Gasteiger partial charge in [0.1, 0.15) is 11.9 Å². The number of nitrogens with one attached hydrogen (secondary N) is 2. The molecule has 0 unspecified atom stereocenters. The molecule has 94 valence electrons. The Morgan fingerprint density at radius 1 is 1.47 bits per heavy atom. The predicted octanol–water partition coefficient (Wildman–Crippen LogP) is 2.16. The first kappa shape index (κ1) is 13.9. The molecule has 0 aliphatic carbocycles. The number of aromatic nitrogens is 1. The molecule has 0 amide bonds. The molecule has 0 aromatic carbocycles. The largest absolute Gasteiger partial charge is 0.377 e. The molecule has 7 heteroatoms. The molecular weight excluding hydrogens is 288 g/mol. The Bertz CT molecular complexity index is 398. The maximum Gasteiger partial charge on any atom is 0.311 e. The molecule has 0 radical (unpaired) electrons. The molecule has 1 heterocycles. The summed E-state index contributed by atoms with van der Waals surface area (Å²) in [6.07, 6.45) is 2.77. The summed E-state index contributed by atoms with van der Waals surface area (Å²) in [4.78, 5) is 14.1. The van der Waals surface area contributed by atoms with Gasteiger partial charge in [0.05, 0.1) is 9.40 Å². The molecule has 1 aromatic rings. The topological polar surface area (TPSA) is 80.1 Å². The van der Waals surface area contributed by atoms with Gasteiger partial charge in [-0.05, 0) is 15.9 Å². The summed E-state index contributed by atoms with van der Waals surface area (Å²) in [5.41, 5.74) is 0.444. The molecule has 2 N–H and O–H groups in total. The third-order valence-electron chi connectivity index (χ3n) is 2.06. The maximum absolute atomic E-state index is 10.8. The van der Waals surface area contributed by atoms with E-state index in [4.69, 9.17) is 0 Å². The van der Waals surface area contributed by atoms with E-state index in [1.807, 2.05) is 13.8 Å². The highest BCUT2D eigenvalue weighted by Gasteiger charge is 2.16. The Kier molecular flexibility index (Phi) is 5.30. The smallest absolute Gasteiger partial charge is 0.311 e. The molecule has 0 fully saturated rings. The number of halogens is 1. The summed E-state index contributed by atoms with van der Waals surface area (Å²) in [6, 6.07) is 0.396. The van der Waals surface area contributed by atoms with Gasteiger partial charge in [0.25, 0.3) is 0 Å². The zero-order valence-corrected chi connectivity index (χ0v) is 11.3. The third-order valence-corrected chi connectivity index (χ3v) is 2.66. The first-order chi connectivity index (χ1) is 8.02. The van der Waals surface area contributed by atoms with Crippen LogP contribution in [0.15, 0.2) is 16.9 Å². The zero-order valence-electron chi connectivity index (χ0n) is 9.74. The highest BCUT2D eigenvalue weighted by atomic mass is 79.9. The number of nitrogens with zero attached hydrogens (tertiary/aromatic N) is 2. The fraction of sp³-hybridized carbons (Fsp3) is 0.500. The highest BCUT2D eigenvalue weighted by Crippen LogP contribution is 2.30. The molecule has 0 atom stereocenters. The number of rotatable bonds is 6. The van der Waals surface area contributed by atoms with E-state index in [2.05, 4.69) is 31.5 Å². The lowest BCUT2D eigenvalue weighted by molar-refractivity contribution is -0.384. The van der Waals surface area contributed by atoms with E-state index in [0.717, 1.165) is 6.54 Å². The lowest BCUT2D eigenvalue weighted by Gasteiger charge is -2.11. The Balaban J connectivity index is 2.66. The van der Waals surface area contributed by atoms with Crippen LogP contribution in [-0.2, 0) is 0 Å². The lowest BCUT2D eigenvalue weighted by atomic mass is 10.3. The van der Waals surface area contributed by atoms with Crippen LogP contribution in [0.3, 0.4) is 0 Å². The molecule has 0 aliphatic heterocycles. The van der Waals surface area contributed by atoms with Crippen LogP contribution >= 0.6 is 15.9 Å². The Morgan fingerprint density at radius 3 is 2.76 bits per heavy atom. The number of hydrogen-bond acceptors (Lipinski definition) is 5. The standard InChI is InChI=1S/C10H15BrN4O2/c1-7(2)13-3-4-14-10-8(11)5-12-6-9(10)15(16)17/h5-7,13H,3-4H2,1-2H3,(H,12,14). The van der Waals surface area contributed by atoms with E-state index in [0.29, 0.717) is 22.7 Å². The molecule has 1 rings (SSSR count). The van der Waals surface area contributed by atoms with Crippen LogP contribution in [0.25, 0.3) is 0 Å². The molecule has 0 saturated carbocycles. The average molecular weight is 303 g/mol. The second-order valence-electron chi connectivity index (χ2n) is 3.81. The minimum absolute atomic E-state index is 0.0241. The first-order valence-corrected chi connectivity index (χ1v) is 6.06. The van der Waals surface area contributed by atoms with E-state index >= 15 is 0 Å². The minimum atomic E-state index is -0.448. The molecule has 0 spiro atoms. The van der Waals surface area contributed by atoms with Gasteiger partial charge in [0, 0.05) is 25.3 Å². The highest BCUT2D eigenvalue weighted by molar-refractivity contribution is 9.10. The quantitative estimate of drug-likeness (QED) is 0.478. The van der Waals surface area contributed by atoms with Crippen molar-refractivity contribution in [1.82, 2.24) is 10.3 Å². The van der Waals surface area contributed by atoms with E-state index in [1.54, 1.807) is 0 Å². The van der Waals surface area contributed by atoms with Crippen molar-refractivity contribution < 1.29 is 4.92 Å². The van der Waals surface area contributed by atoms with Gasteiger partial charge < -0.3 is 10.6 Å². The van der Waals surface area contributed by atoms with E-state index < -0.39 is 4.92 Å². The summed E-state index contributed by atoms with van der Waals surface area (Å²) in [5, 5.41) is 17.1. The van der Waals surface area contributed by atoms with Crippen molar-refractivity contribution in [3.8, 4) is 0 Å². The molecule has 17 heavy (non-hydrogen) atoms. The van der Waals surface area contributed by atoms with Gasteiger partial charge in [-0.3, -0.25) is 15.1 Å². The van der Waals surface area contributed by atoms with Gasteiger partial charge in [0.2, 0.25) is 0 Å². The van der Waals surface area contributed by atoms with Crippen molar-refractivity contribution in [2.75, 3.05) is 18.4 Å². The number of pyridine rings is 1.